The molecule has 0 saturated heterocycles. The van der Waals surface area contributed by atoms with Gasteiger partial charge < -0.3 is 4.74 Å². The van der Waals surface area contributed by atoms with Crippen LogP contribution in [0.1, 0.15) is 0 Å². The second-order valence-electron chi connectivity index (χ2n) is 14.8. The molecule has 4 aromatic heterocycles. The third kappa shape index (κ3) is 4.50. The van der Waals surface area contributed by atoms with Gasteiger partial charge in [-0.1, -0.05) is 109 Å². The summed E-state index contributed by atoms with van der Waals surface area (Å²) in [6, 6.07) is 61.8. The van der Waals surface area contributed by atoms with Crippen molar-refractivity contribution in [2.45, 2.75) is 0 Å². The van der Waals surface area contributed by atoms with Gasteiger partial charge in [0.05, 0.1) is 16.7 Å². The summed E-state index contributed by atoms with van der Waals surface area (Å²) < 4.78 is 13.7. The zero-order chi connectivity index (χ0) is 37.9. The minimum atomic E-state index is 0.621. The van der Waals surface area contributed by atoms with Crippen molar-refractivity contribution in [3.63, 3.8) is 0 Å². The molecule has 12 aromatic rings. The first kappa shape index (κ1) is 31.6. The molecule has 7 heteroatoms. The van der Waals surface area contributed by atoms with Crippen LogP contribution in [0.5, 0.6) is 11.5 Å². The quantitative estimate of drug-likeness (QED) is 0.179. The van der Waals surface area contributed by atoms with Gasteiger partial charge in [0.1, 0.15) is 5.65 Å². The van der Waals surface area contributed by atoms with Gasteiger partial charge in [-0.2, -0.15) is 0 Å². The van der Waals surface area contributed by atoms with Crippen LogP contribution in [0, 0.1) is 0 Å². The van der Waals surface area contributed by atoms with Gasteiger partial charge in [-0.25, -0.2) is 15.0 Å². The van der Waals surface area contributed by atoms with E-state index < -0.39 is 0 Å². The molecule has 8 aromatic carbocycles. The summed E-state index contributed by atoms with van der Waals surface area (Å²) in [4.78, 5) is 15.8. The Morgan fingerprint density at radius 3 is 2.07 bits per heavy atom. The summed E-state index contributed by atoms with van der Waals surface area (Å²) in [5.74, 6) is 3.58. The van der Waals surface area contributed by atoms with E-state index in [0.717, 1.165) is 77.8 Å². The molecular formula is C51H29N5OS. The van der Waals surface area contributed by atoms with Crippen LogP contribution in [-0.4, -0.2) is 24.1 Å². The van der Waals surface area contributed by atoms with E-state index in [-0.39, 0.29) is 0 Å². The van der Waals surface area contributed by atoms with Crippen LogP contribution < -0.4 is 4.74 Å². The Morgan fingerprint density at radius 2 is 1.16 bits per heavy atom. The van der Waals surface area contributed by atoms with Gasteiger partial charge in [0.25, 0.3) is 0 Å². The van der Waals surface area contributed by atoms with Crippen LogP contribution in [-0.2, 0) is 0 Å². The molecule has 0 N–H and O–H groups in total. The van der Waals surface area contributed by atoms with Crippen LogP contribution in [0.4, 0.5) is 0 Å². The van der Waals surface area contributed by atoms with Crippen LogP contribution >= 0.6 is 11.3 Å². The maximum absolute atomic E-state index is 6.53. The number of nitrogens with zero attached hydrogens (tertiary/aromatic N) is 5. The third-order valence-corrected chi connectivity index (χ3v) is 12.8. The lowest BCUT2D eigenvalue weighted by Gasteiger charge is -2.21. The number of fused-ring (bicyclic) bond motifs is 11. The average molecular weight is 760 g/mol. The minimum Gasteiger partial charge on any atom is -0.453 e. The van der Waals surface area contributed by atoms with E-state index in [0.29, 0.717) is 17.5 Å². The highest BCUT2D eigenvalue weighted by Gasteiger charge is 2.29. The zero-order valence-electron chi connectivity index (χ0n) is 30.8. The number of para-hydroxylation sites is 4. The van der Waals surface area contributed by atoms with Crippen molar-refractivity contribution in [1.29, 1.82) is 0 Å². The Morgan fingerprint density at radius 1 is 0.466 bits per heavy atom. The molecule has 0 radical (unpaired) electrons. The van der Waals surface area contributed by atoms with Gasteiger partial charge in [-0.05, 0) is 77.5 Å². The first-order valence-corrected chi connectivity index (χ1v) is 20.2. The smallest absolute Gasteiger partial charge is 0.165 e. The minimum absolute atomic E-state index is 0.621. The molecule has 0 fully saturated rings. The van der Waals surface area contributed by atoms with E-state index in [1.807, 2.05) is 12.1 Å². The Labute approximate surface area is 335 Å². The molecule has 0 unspecified atom stereocenters. The molecule has 5 heterocycles. The normalized spacial score (nSPS) is 12.3. The molecule has 0 saturated carbocycles. The molecule has 0 atom stereocenters. The Kier molecular flexibility index (Phi) is 6.50. The van der Waals surface area contributed by atoms with E-state index in [2.05, 4.69) is 173 Å². The van der Waals surface area contributed by atoms with Gasteiger partial charge in [0.2, 0.25) is 0 Å². The SMILES string of the molecule is c1ccc(-n2c3ccc(-c4nc(-c5ccc6ccccc6c5)nc(-c5cccc6c5sc5ccccc56)n4)cc3c3c4cccc5c4n(c32)-c2ccccc2O5)cc1. The predicted octanol–water partition coefficient (Wildman–Crippen LogP) is 13.5. The molecule has 270 valence electrons. The monoisotopic (exact) mass is 759 g/mol. The molecule has 1 aliphatic rings. The van der Waals surface area contributed by atoms with Crippen molar-refractivity contribution < 1.29 is 4.74 Å². The standard InChI is InChI=1S/C51H29N5OS/c1-2-14-34(15-3-1)55-40-27-26-33(29-39(40)45-37-18-11-22-43-46(37)56(51(45)55)41-20-7-8-21-42(41)57-43)49-52-48(32-25-24-30-12-4-5-13-31(30)28-32)53-50(54-49)38-19-10-17-36-35-16-6-9-23-44(35)58-47(36)38/h1-29H. The number of rotatable bonds is 4. The van der Waals surface area contributed by atoms with Crippen molar-refractivity contribution in [1.82, 2.24) is 24.1 Å². The molecule has 0 bridgehead atoms. The average Bonchev–Trinajstić information content (AvgIpc) is 3.95. The second kappa shape index (κ2) is 11.9. The highest BCUT2D eigenvalue weighted by molar-refractivity contribution is 7.26. The van der Waals surface area contributed by atoms with Gasteiger partial charge in [-0.15, -0.1) is 11.3 Å². The number of ether oxygens (including phenoxy) is 1. The Bertz CT molecular complexity index is 3670. The topological polar surface area (TPSA) is 57.8 Å². The maximum atomic E-state index is 6.53. The zero-order valence-corrected chi connectivity index (χ0v) is 31.6. The van der Waals surface area contributed by atoms with Crippen molar-refractivity contribution in [3.05, 3.63) is 176 Å². The number of thiophene rings is 1. The molecule has 1 aliphatic heterocycles. The fourth-order valence-electron chi connectivity index (χ4n) is 8.96. The van der Waals surface area contributed by atoms with E-state index in [9.17, 15) is 0 Å². The largest absolute Gasteiger partial charge is 0.453 e. The molecule has 13 rings (SSSR count). The maximum Gasteiger partial charge on any atom is 0.165 e. The lowest BCUT2D eigenvalue weighted by Crippen LogP contribution is -2.07. The molecular weight excluding hydrogens is 731 g/mol. The van der Waals surface area contributed by atoms with Crippen molar-refractivity contribution in [3.8, 4) is 57.0 Å². The summed E-state index contributed by atoms with van der Waals surface area (Å²) in [7, 11) is 0. The summed E-state index contributed by atoms with van der Waals surface area (Å²) in [6.07, 6.45) is 0. The summed E-state index contributed by atoms with van der Waals surface area (Å²) >= 11 is 1.78. The fraction of sp³-hybridized carbons (Fsp3) is 0. The highest BCUT2D eigenvalue weighted by Crippen LogP contribution is 2.49. The van der Waals surface area contributed by atoms with Crippen LogP contribution in [0.2, 0.25) is 0 Å². The Balaban J connectivity index is 1.10. The number of hydrogen-bond donors (Lipinski definition) is 0. The first-order chi connectivity index (χ1) is 28.7. The third-order valence-electron chi connectivity index (χ3n) is 11.5. The van der Waals surface area contributed by atoms with E-state index in [4.69, 9.17) is 19.7 Å². The summed E-state index contributed by atoms with van der Waals surface area (Å²) in [5, 5.41) is 8.15. The molecule has 58 heavy (non-hydrogen) atoms. The number of aromatic nitrogens is 5. The lowest BCUT2D eigenvalue weighted by molar-refractivity contribution is 0.476. The molecule has 0 amide bonds. The van der Waals surface area contributed by atoms with Gasteiger partial charge >= 0.3 is 0 Å². The van der Waals surface area contributed by atoms with E-state index in [1.165, 1.54) is 25.6 Å². The first-order valence-electron chi connectivity index (χ1n) is 19.4. The summed E-state index contributed by atoms with van der Waals surface area (Å²) in [5.41, 5.74) is 8.18. The number of benzene rings is 8. The van der Waals surface area contributed by atoms with Gasteiger partial charge in [0.15, 0.2) is 29.0 Å². The van der Waals surface area contributed by atoms with Gasteiger partial charge in [0, 0.05) is 58.7 Å². The lowest BCUT2D eigenvalue weighted by atomic mass is 10.1. The predicted molar refractivity (Wildman–Crippen MR) is 238 cm³/mol. The van der Waals surface area contributed by atoms with Crippen molar-refractivity contribution in [2.24, 2.45) is 0 Å². The van der Waals surface area contributed by atoms with Gasteiger partial charge in [-0.3, -0.25) is 9.13 Å². The fourth-order valence-corrected chi connectivity index (χ4v) is 10.2. The summed E-state index contributed by atoms with van der Waals surface area (Å²) in [6.45, 7) is 0. The molecule has 6 nitrogen and oxygen atoms in total. The van der Waals surface area contributed by atoms with Crippen LogP contribution in [0.3, 0.4) is 0 Å². The van der Waals surface area contributed by atoms with E-state index >= 15 is 0 Å². The number of hydrogen-bond acceptors (Lipinski definition) is 5. The van der Waals surface area contributed by atoms with Crippen molar-refractivity contribution >= 4 is 75.1 Å². The van der Waals surface area contributed by atoms with E-state index in [1.54, 1.807) is 11.3 Å². The van der Waals surface area contributed by atoms with Crippen LogP contribution in [0.15, 0.2) is 176 Å². The Hall–Kier alpha value is -7.61. The van der Waals surface area contributed by atoms with Crippen LogP contribution in [0.25, 0.3) is 109 Å². The highest BCUT2D eigenvalue weighted by atomic mass is 32.1. The van der Waals surface area contributed by atoms with Crippen molar-refractivity contribution in [2.75, 3.05) is 0 Å². The second-order valence-corrected chi connectivity index (χ2v) is 15.9. The molecule has 0 spiro atoms. The molecule has 0 aliphatic carbocycles.